The predicted octanol–water partition coefficient (Wildman–Crippen LogP) is 4.08. The molecular weight excluding hydrogens is 194 g/mol. The van der Waals surface area contributed by atoms with Crippen molar-refractivity contribution in [1.82, 2.24) is 4.90 Å². The first-order valence-electron chi connectivity index (χ1n) is 7.39. The molecule has 1 heteroatoms. The van der Waals surface area contributed by atoms with Gasteiger partial charge in [-0.25, -0.2) is 0 Å². The van der Waals surface area contributed by atoms with Crippen LogP contribution in [-0.2, 0) is 0 Å². The number of nitrogens with zero attached hydrogens (tertiary/aromatic N) is 1. The van der Waals surface area contributed by atoms with E-state index < -0.39 is 0 Å². The molecule has 1 nitrogen and oxygen atoms in total. The fourth-order valence-electron chi connectivity index (χ4n) is 3.99. The molecule has 2 aliphatic rings. The van der Waals surface area contributed by atoms with E-state index in [-0.39, 0.29) is 0 Å². The van der Waals surface area contributed by atoms with E-state index in [0.29, 0.717) is 5.41 Å². The quantitative estimate of drug-likeness (QED) is 0.682. The Morgan fingerprint density at radius 2 is 2.00 bits per heavy atom. The van der Waals surface area contributed by atoms with Gasteiger partial charge in [-0.05, 0) is 57.4 Å². The maximum Gasteiger partial charge on any atom is 0.00408 e. The lowest BCUT2D eigenvalue weighted by Crippen LogP contribution is -2.48. The Morgan fingerprint density at radius 1 is 1.25 bits per heavy atom. The Balaban J connectivity index is 2.00. The van der Waals surface area contributed by atoms with Crippen LogP contribution in [0.25, 0.3) is 0 Å². The lowest BCUT2D eigenvalue weighted by molar-refractivity contribution is 0.0179. The monoisotopic (exact) mass is 223 g/mol. The van der Waals surface area contributed by atoms with Crippen molar-refractivity contribution in [1.29, 1.82) is 0 Å². The molecular formula is C15H29N. The van der Waals surface area contributed by atoms with Gasteiger partial charge in [-0.1, -0.05) is 26.2 Å². The summed E-state index contributed by atoms with van der Waals surface area (Å²) in [5.74, 6) is 1.03. The Kier molecular flexibility index (Phi) is 3.94. The Morgan fingerprint density at radius 3 is 2.69 bits per heavy atom. The fraction of sp³-hybridized carbons (Fsp3) is 1.00. The second kappa shape index (κ2) is 5.08. The molecule has 1 aliphatic carbocycles. The smallest absolute Gasteiger partial charge is 0.00408 e. The third-order valence-corrected chi connectivity index (χ3v) is 5.04. The third kappa shape index (κ3) is 2.61. The average molecular weight is 223 g/mol. The zero-order valence-corrected chi connectivity index (χ0v) is 11.5. The van der Waals surface area contributed by atoms with Gasteiger partial charge in [0.05, 0.1) is 0 Å². The van der Waals surface area contributed by atoms with Crippen LogP contribution in [-0.4, -0.2) is 24.0 Å². The van der Waals surface area contributed by atoms with Gasteiger partial charge in [0.25, 0.3) is 0 Å². The van der Waals surface area contributed by atoms with E-state index in [1.807, 2.05) is 0 Å². The molecule has 2 fully saturated rings. The standard InChI is InChI=1S/C15H29N/c1-4-14-7-5-8-15(11-14)9-6-10-16(12-15)13(2)3/h13-14H,4-12H2,1-3H3. The van der Waals surface area contributed by atoms with E-state index in [1.54, 1.807) is 0 Å². The maximum absolute atomic E-state index is 2.72. The Labute approximate surface area is 102 Å². The van der Waals surface area contributed by atoms with Crippen molar-refractivity contribution in [3.8, 4) is 0 Å². The highest BCUT2D eigenvalue weighted by Gasteiger charge is 2.39. The number of likely N-dealkylation sites (tertiary alicyclic amines) is 1. The molecule has 0 bridgehead atoms. The number of piperidine rings is 1. The van der Waals surface area contributed by atoms with Crippen molar-refractivity contribution in [2.75, 3.05) is 13.1 Å². The number of rotatable bonds is 2. The summed E-state index contributed by atoms with van der Waals surface area (Å²) in [5.41, 5.74) is 0.710. The topological polar surface area (TPSA) is 3.24 Å². The largest absolute Gasteiger partial charge is 0.300 e. The summed E-state index contributed by atoms with van der Waals surface area (Å²) >= 11 is 0. The van der Waals surface area contributed by atoms with E-state index in [2.05, 4.69) is 25.7 Å². The van der Waals surface area contributed by atoms with Gasteiger partial charge >= 0.3 is 0 Å². The molecule has 2 rings (SSSR count). The molecule has 1 spiro atoms. The van der Waals surface area contributed by atoms with Crippen molar-refractivity contribution in [2.24, 2.45) is 11.3 Å². The van der Waals surface area contributed by atoms with E-state index >= 15 is 0 Å². The summed E-state index contributed by atoms with van der Waals surface area (Å²) < 4.78 is 0. The van der Waals surface area contributed by atoms with Crippen LogP contribution in [0.5, 0.6) is 0 Å². The van der Waals surface area contributed by atoms with Gasteiger partial charge in [-0.3, -0.25) is 0 Å². The van der Waals surface area contributed by atoms with Crippen LogP contribution in [0.15, 0.2) is 0 Å². The molecule has 1 saturated carbocycles. The van der Waals surface area contributed by atoms with Crippen LogP contribution < -0.4 is 0 Å². The van der Waals surface area contributed by atoms with Crippen molar-refractivity contribution in [3.05, 3.63) is 0 Å². The minimum atomic E-state index is 0.710. The van der Waals surface area contributed by atoms with E-state index in [4.69, 9.17) is 0 Å². The highest BCUT2D eigenvalue weighted by Crippen LogP contribution is 2.46. The van der Waals surface area contributed by atoms with Gasteiger partial charge in [-0.15, -0.1) is 0 Å². The SMILES string of the molecule is CCC1CCCC2(CCCN(C(C)C)C2)C1. The van der Waals surface area contributed by atoms with Crippen LogP contribution in [0, 0.1) is 11.3 Å². The van der Waals surface area contributed by atoms with Crippen LogP contribution in [0.4, 0.5) is 0 Å². The molecule has 0 radical (unpaired) electrons. The molecule has 0 aromatic carbocycles. The van der Waals surface area contributed by atoms with E-state index in [1.165, 1.54) is 58.0 Å². The van der Waals surface area contributed by atoms with Gasteiger partial charge in [0.2, 0.25) is 0 Å². The highest BCUT2D eigenvalue weighted by molar-refractivity contribution is 4.92. The summed E-state index contributed by atoms with van der Waals surface area (Å²) in [6, 6.07) is 0.749. The van der Waals surface area contributed by atoms with Gasteiger partial charge in [0, 0.05) is 12.6 Å². The molecule has 0 N–H and O–H groups in total. The Hall–Kier alpha value is -0.0400. The van der Waals surface area contributed by atoms with Crippen LogP contribution in [0.1, 0.15) is 65.7 Å². The first-order valence-corrected chi connectivity index (χ1v) is 7.39. The van der Waals surface area contributed by atoms with Gasteiger partial charge in [0.15, 0.2) is 0 Å². The zero-order chi connectivity index (χ0) is 11.6. The summed E-state index contributed by atoms with van der Waals surface area (Å²) in [7, 11) is 0. The highest BCUT2D eigenvalue weighted by atomic mass is 15.2. The summed E-state index contributed by atoms with van der Waals surface area (Å²) in [6.07, 6.45) is 10.4. The van der Waals surface area contributed by atoms with E-state index in [0.717, 1.165) is 12.0 Å². The lowest BCUT2D eigenvalue weighted by Gasteiger charge is -2.48. The molecule has 0 aromatic rings. The molecule has 1 heterocycles. The second-order valence-corrected chi connectivity index (χ2v) is 6.54. The molecule has 16 heavy (non-hydrogen) atoms. The van der Waals surface area contributed by atoms with Crippen LogP contribution >= 0.6 is 0 Å². The molecule has 0 aromatic heterocycles. The first kappa shape index (κ1) is 12.4. The van der Waals surface area contributed by atoms with Gasteiger partial charge in [0.1, 0.15) is 0 Å². The lowest BCUT2D eigenvalue weighted by atomic mass is 9.65. The van der Waals surface area contributed by atoms with Gasteiger partial charge < -0.3 is 4.90 Å². The first-order chi connectivity index (χ1) is 7.65. The molecule has 1 aliphatic heterocycles. The minimum absolute atomic E-state index is 0.710. The third-order valence-electron chi connectivity index (χ3n) is 5.04. The molecule has 94 valence electrons. The molecule has 2 atom stereocenters. The summed E-state index contributed by atoms with van der Waals surface area (Å²) in [6.45, 7) is 9.84. The number of hydrogen-bond donors (Lipinski definition) is 0. The van der Waals surface area contributed by atoms with Crippen molar-refractivity contribution in [2.45, 2.75) is 71.8 Å². The Bertz CT molecular complexity index is 219. The summed E-state index contributed by atoms with van der Waals surface area (Å²) in [4.78, 5) is 2.72. The minimum Gasteiger partial charge on any atom is -0.300 e. The maximum atomic E-state index is 2.72. The van der Waals surface area contributed by atoms with Crippen molar-refractivity contribution in [3.63, 3.8) is 0 Å². The molecule has 2 unspecified atom stereocenters. The average Bonchev–Trinajstić information content (AvgIpc) is 2.29. The molecule has 0 amide bonds. The second-order valence-electron chi connectivity index (χ2n) is 6.54. The van der Waals surface area contributed by atoms with E-state index in [9.17, 15) is 0 Å². The van der Waals surface area contributed by atoms with Gasteiger partial charge in [-0.2, -0.15) is 0 Å². The fourth-order valence-corrected chi connectivity index (χ4v) is 3.99. The van der Waals surface area contributed by atoms with Crippen molar-refractivity contribution >= 4 is 0 Å². The zero-order valence-electron chi connectivity index (χ0n) is 11.5. The van der Waals surface area contributed by atoms with Crippen LogP contribution in [0.2, 0.25) is 0 Å². The van der Waals surface area contributed by atoms with Crippen molar-refractivity contribution < 1.29 is 0 Å². The summed E-state index contributed by atoms with van der Waals surface area (Å²) in [5, 5.41) is 0. The number of hydrogen-bond acceptors (Lipinski definition) is 1. The molecule has 1 saturated heterocycles. The predicted molar refractivity (Wildman–Crippen MR) is 70.6 cm³/mol. The van der Waals surface area contributed by atoms with Crippen LogP contribution in [0.3, 0.4) is 0 Å². The normalized spacial score (nSPS) is 37.1.